The highest BCUT2D eigenvalue weighted by Crippen LogP contribution is 2.18. The molecule has 14 heavy (non-hydrogen) atoms. The van der Waals surface area contributed by atoms with Gasteiger partial charge in [-0.05, 0) is 19.1 Å². The van der Waals surface area contributed by atoms with Gasteiger partial charge in [0.1, 0.15) is 17.4 Å². The lowest BCUT2D eigenvalue weighted by molar-refractivity contribution is -0.135. The van der Waals surface area contributed by atoms with Gasteiger partial charge in [0.2, 0.25) is 0 Å². The predicted octanol–water partition coefficient (Wildman–Crippen LogP) is 1.75. The lowest BCUT2D eigenvalue weighted by Gasteiger charge is -2.00. The molecule has 1 aromatic rings. The summed E-state index contributed by atoms with van der Waals surface area (Å²) < 4.78 is 9.52. The number of furan rings is 1. The minimum Gasteiger partial charge on any atom is -0.465 e. The van der Waals surface area contributed by atoms with E-state index in [1.54, 1.807) is 25.1 Å². The van der Waals surface area contributed by atoms with Gasteiger partial charge in [0, 0.05) is 5.57 Å². The van der Waals surface area contributed by atoms with E-state index in [0.29, 0.717) is 11.3 Å². The van der Waals surface area contributed by atoms with E-state index in [2.05, 4.69) is 4.74 Å². The Morgan fingerprint density at radius 3 is 2.79 bits per heavy atom. The van der Waals surface area contributed by atoms with Gasteiger partial charge in [-0.25, -0.2) is 4.79 Å². The van der Waals surface area contributed by atoms with Crippen LogP contribution in [0.25, 0.3) is 5.57 Å². The van der Waals surface area contributed by atoms with E-state index >= 15 is 0 Å². The minimum atomic E-state index is -0.651. The first kappa shape index (κ1) is 10.1. The summed E-state index contributed by atoms with van der Waals surface area (Å²) in [5.41, 5.74) is 0.437. The largest absolute Gasteiger partial charge is 0.465 e. The molecule has 0 amide bonds. The van der Waals surface area contributed by atoms with Crippen molar-refractivity contribution in [2.75, 3.05) is 7.11 Å². The van der Waals surface area contributed by atoms with Crippen LogP contribution in [0.2, 0.25) is 0 Å². The second-order valence-corrected chi connectivity index (χ2v) is 2.58. The van der Waals surface area contributed by atoms with Crippen molar-refractivity contribution in [1.29, 1.82) is 5.26 Å². The predicted molar refractivity (Wildman–Crippen MR) is 48.9 cm³/mol. The first-order valence-electron chi connectivity index (χ1n) is 3.94. The maximum absolute atomic E-state index is 11.1. The Labute approximate surface area is 81.4 Å². The zero-order chi connectivity index (χ0) is 10.6. The average molecular weight is 191 g/mol. The van der Waals surface area contributed by atoms with E-state index in [1.807, 2.05) is 0 Å². The maximum Gasteiger partial charge on any atom is 0.349 e. The molecule has 0 N–H and O–H groups in total. The van der Waals surface area contributed by atoms with Crippen molar-refractivity contribution < 1.29 is 13.9 Å². The van der Waals surface area contributed by atoms with Crippen molar-refractivity contribution in [3.63, 3.8) is 0 Å². The number of allylic oxidation sites excluding steroid dienone is 1. The smallest absolute Gasteiger partial charge is 0.349 e. The molecule has 0 fully saturated rings. The second-order valence-electron chi connectivity index (χ2n) is 2.58. The van der Waals surface area contributed by atoms with Crippen LogP contribution in [0.5, 0.6) is 0 Å². The van der Waals surface area contributed by atoms with Crippen LogP contribution in [0, 0.1) is 11.3 Å². The summed E-state index contributed by atoms with van der Waals surface area (Å²) in [6, 6.07) is 5.15. The zero-order valence-corrected chi connectivity index (χ0v) is 7.90. The first-order valence-corrected chi connectivity index (χ1v) is 3.94. The van der Waals surface area contributed by atoms with Gasteiger partial charge in [-0.15, -0.1) is 0 Å². The number of methoxy groups -OCH3 is 1. The number of carbonyl (C=O) groups is 1. The molecule has 4 heteroatoms. The van der Waals surface area contributed by atoms with Crippen molar-refractivity contribution in [2.24, 2.45) is 0 Å². The van der Waals surface area contributed by atoms with Crippen molar-refractivity contribution in [3.05, 3.63) is 29.7 Å². The van der Waals surface area contributed by atoms with Gasteiger partial charge >= 0.3 is 5.97 Å². The molecule has 72 valence electrons. The molecule has 0 radical (unpaired) electrons. The number of nitrogens with zero attached hydrogens (tertiary/aromatic N) is 1. The number of nitriles is 1. The summed E-state index contributed by atoms with van der Waals surface area (Å²) in [5.74, 6) is -0.159. The van der Waals surface area contributed by atoms with Gasteiger partial charge in [0.05, 0.1) is 13.4 Å². The van der Waals surface area contributed by atoms with E-state index in [0.717, 1.165) is 0 Å². The highest BCUT2D eigenvalue weighted by molar-refractivity contribution is 6.00. The number of carbonyl (C=O) groups excluding carboxylic acids is 1. The molecule has 4 nitrogen and oxygen atoms in total. The molecule has 0 aromatic carbocycles. The second kappa shape index (κ2) is 4.28. The highest BCUT2D eigenvalue weighted by Gasteiger charge is 2.15. The zero-order valence-electron chi connectivity index (χ0n) is 7.90. The fourth-order valence-electron chi connectivity index (χ4n) is 1.000. The molecule has 0 saturated carbocycles. The molecule has 1 heterocycles. The molecule has 1 aromatic heterocycles. The fraction of sp³-hybridized carbons (Fsp3) is 0.200. The van der Waals surface area contributed by atoms with E-state index in [-0.39, 0.29) is 5.57 Å². The minimum absolute atomic E-state index is 0.0394. The molecule has 0 atom stereocenters. The van der Waals surface area contributed by atoms with E-state index < -0.39 is 5.97 Å². The van der Waals surface area contributed by atoms with Crippen LogP contribution in [0.4, 0.5) is 0 Å². The quantitative estimate of drug-likeness (QED) is 0.406. The fourth-order valence-corrected chi connectivity index (χ4v) is 1.000. The van der Waals surface area contributed by atoms with Crippen LogP contribution in [0.15, 0.2) is 28.4 Å². The van der Waals surface area contributed by atoms with Crippen LogP contribution in [-0.4, -0.2) is 13.1 Å². The summed E-state index contributed by atoms with van der Waals surface area (Å²) in [6.07, 6.45) is 1.48. The summed E-state index contributed by atoms with van der Waals surface area (Å²) in [7, 11) is 1.23. The van der Waals surface area contributed by atoms with Gasteiger partial charge in [0.25, 0.3) is 0 Å². The molecular weight excluding hydrogens is 182 g/mol. The third-order valence-corrected chi connectivity index (χ3v) is 1.77. The van der Waals surface area contributed by atoms with Gasteiger partial charge in [-0.2, -0.15) is 5.26 Å². The summed E-state index contributed by atoms with van der Waals surface area (Å²) in [4.78, 5) is 11.1. The Morgan fingerprint density at radius 2 is 2.36 bits per heavy atom. The number of ether oxygens (including phenoxy) is 1. The molecule has 0 saturated heterocycles. The summed E-state index contributed by atoms with van der Waals surface area (Å²) in [6.45, 7) is 1.63. The van der Waals surface area contributed by atoms with E-state index in [9.17, 15) is 4.79 Å². The van der Waals surface area contributed by atoms with Crippen LogP contribution in [0.1, 0.15) is 12.7 Å². The van der Waals surface area contributed by atoms with Crippen molar-refractivity contribution in [1.82, 2.24) is 0 Å². The Hall–Kier alpha value is -2.02. The molecular formula is C10H9NO3. The number of rotatable bonds is 2. The molecule has 0 unspecified atom stereocenters. The monoisotopic (exact) mass is 191 g/mol. The van der Waals surface area contributed by atoms with Crippen LogP contribution in [-0.2, 0) is 9.53 Å². The van der Waals surface area contributed by atoms with E-state index in [1.165, 1.54) is 13.4 Å². The van der Waals surface area contributed by atoms with Gasteiger partial charge in [0.15, 0.2) is 0 Å². The van der Waals surface area contributed by atoms with Gasteiger partial charge < -0.3 is 9.15 Å². The highest BCUT2D eigenvalue weighted by atomic mass is 16.5. The Morgan fingerprint density at radius 1 is 1.64 bits per heavy atom. The number of hydrogen-bond donors (Lipinski definition) is 0. The Bertz CT molecular complexity index is 396. The molecule has 0 aliphatic rings. The normalized spacial score (nSPS) is 11.5. The summed E-state index contributed by atoms with van der Waals surface area (Å²) in [5, 5.41) is 8.75. The SMILES string of the molecule is COC(=O)C(C#N)=C(C)c1ccco1. The lowest BCUT2D eigenvalue weighted by atomic mass is 10.1. The molecule has 0 aliphatic carbocycles. The van der Waals surface area contributed by atoms with Gasteiger partial charge in [-0.1, -0.05) is 0 Å². The lowest BCUT2D eigenvalue weighted by Crippen LogP contribution is -2.04. The Kier molecular flexibility index (Phi) is 3.08. The van der Waals surface area contributed by atoms with Crippen LogP contribution >= 0.6 is 0 Å². The number of hydrogen-bond acceptors (Lipinski definition) is 4. The first-order chi connectivity index (χ1) is 6.70. The molecule has 0 bridgehead atoms. The van der Waals surface area contributed by atoms with Gasteiger partial charge in [-0.3, -0.25) is 0 Å². The van der Waals surface area contributed by atoms with E-state index in [4.69, 9.17) is 9.68 Å². The van der Waals surface area contributed by atoms with Crippen molar-refractivity contribution in [3.8, 4) is 6.07 Å². The van der Waals surface area contributed by atoms with Crippen molar-refractivity contribution in [2.45, 2.75) is 6.92 Å². The molecule has 0 aliphatic heterocycles. The van der Waals surface area contributed by atoms with Crippen LogP contribution < -0.4 is 0 Å². The maximum atomic E-state index is 11.1. The third-order valence-electron chi connectivity index (χ3n) is 1.77. The van der Waals surface area contributed by atoms with Crippen LogP contribution in [0.3, 0.4) is 0 Å². The average Bonchev–Trinajstić information content (AvgIpc) is 2.71. The summed E-state index contributed by atoms with van der Waals surface area (Å²) >= 11 is 0. The molecule has 1 rings (SSSR count). The molecule has 0 spiro atoms. The third kappa shape index (κ3) is 1.83. The standard InChI is InChI=1S/C10H9NO3/c1-7(9-4-3-5-14-9)8(6-11)10(12)13-2/h3-5H,1-2H3. The number of esters is 1. The van der Waals surface area contributed by atoms with Crippen molar-refractivity contribution >= 4 is 11.5 Å². The topological polar surface area (TPSA) is 63.2 Å². The Balaban J connectivity index is 3.15.